The van der Waals surface area contributed by atoms with Gasteiger partial charge in [0, 0.05) is 31.8 Å². The molecule has 0 saturated carbocycles. The average Bonchev–Trinajstić information content (AvgIpc) is 3.26. The van der Waals surface area contributed by atoms with Crippen molar-refractivity contribution in [3.05, 3.63) is 29.8 Å². The van der Waals surface area contributed by atoms with Crippen molar-refractivity contribution in [1.82, 2.24) is 19.8 Å². The number of anilines is 1. The molecule has 0 spiro atoms. The highest BCUT2D eigenvalue weighted by molar-refractivity contribution is 5.92. The van der Waals surface area contributed by atoms with Gasteiger partial charge >= 0.3 is 0 Å². The van der Waals surface area contributed by atoms with Crippen LogP contribution in [0.2, 0.25) is 0 Å². The van der Waals surface area contributed by atoms with Crippen molar-refractivity contribution in [1.29, 1.82) is 0 Å². The molecule has 1 fully saturated rings. The van der Waals surface area contributed by atoms with E-state index in [9.17, 15) is 4.79 Å². The van der Waals surface area contributed by atoms with Gasteiger partial charge in [0.1, 0.15) is 11.6 Å². The average molecular weight is 333 g/mol. The fraction of sp³-hybridized carbons (Fsp3) is 0.562. The molecule has 0 radical (unpaired) electrons. The monoisotopic (exact) mass is 333 g/mol. The minimum absolute atomic E-state index is 0.00308. The Hall–Kier alpha value is -2.35. The maximum Gasteiger partial charge on any atom is 0.276 e. The third-order valence-electron chi connectivity index (χ3n) is 4.35. The first kappa shape index (κ1) is 16.5. The summed E-state index contributed by atoms with van der Waals surface area (Å²) in [6, 6.07) is 3.43. The van der Waals surface area contributed by atoms with E-state index in [1.807, 2.05) is 20.0 Å². The molecule has 0 bridgehead atoms. The van der Waals surface area contributed by atoms with E-state index in [0.717, 1.165) is 6.42 Å². The van der Waals surface area contributed by atoms with Gasteiger partial charge in [-0.2, -0.15) is 5.10 Å². The van der Waals surface area contributed by atoms with E-state index in [2.05, 4.69) is 10.3 Å². The molecule has 2 N–H and O–H groups in total. The third kappa shape index (κ3) is 3.28. The van der Waals surface area contributed by atoms with Crippen LogP contribution in [0.15, 0.2) is 22.9 Å². The van der Waals surface area contributed by atoms with Crippen molar-refractivity contribution in [3.8, 4) is 0 Å². The second-order valence-electron chi connectivity index (χ2n) is 6.44. The normalized spacial score (nSPS) is 20.9. The molecule has 130 valence electrons. The van der Waals surface area contributed by atoms with Gasteiger partial charge in [-0.25, -0.2) is 0 Å². The van der Waals surface area contributed by atoms with Crippen LogP contribution in [0.3, 0.4) is 0 Å². The molecule has 2 aromatic rings. The molecule has 0 unspecified atom stereocenters. The van der Waals surface area contributed by atoms with Crippen molar-refractivity contribution < 1.29 is 14.1 Å². The lowest BCUT2D eigenvalue weighted by Gasteiger charge is -2.23. The number of rotatable bonds is 5. The Morgan fingerprint density at radius 2 is 2.33 bits per heavy atom. The second kappa shape index (κ2) is 6.64. The predicted molar refractivity (Wildman–Crippen MR) is 87.5 cm³/mol. The lowest BCUT2D eigenvalue weighted by molar-refractivity contribution is 0.0669. The molecule has 2 atom stereocenters. The topological polar surface area (TPSA) is 99.4 Å². The first-order valence-electron chi connectivity index (χ1n) is 8.07. The molecule has 8 heteroatoms. The number of methoxy groups -OCH3 is 1. The van der Waals surface area contributed by atoms with Gasteiger partial charge in [-0.1, -0.05) is 19.0 Å². The SMILES string of the molecule is CO[C@H]1C[C@@H](Cn2ccc(N)n2)N(C(=O)c2cc(C(C)C)on2)C1. The van der Waals surface area contributed by atoms with E-state index in [1.54, 1.807) is 28.8 Å². The fourth-order valence-electron chi connectivity index (χ4n) is 2.97. The first-order chi connectivity index (χ1) is 11.5. The number of aromatic nitrogens is 3. The van der Waals surface area contributed by atoms with Crippen molar-refractivity contribution >= 4 is 11.7 Å². The van der Waals surface area contributed by atoms with Crippen LogP contribution in [0, 0.1) is 0 Å². The zero-order chi connectivity index (χ0) is 17.3. The number of carbonyl (C=O) groups excluding carboxylic acids is 1. The maximum atomic E-state index is 12.8. The molecule has 0 aliphatic carbocycles. The number of nitrogens with two attached hydrogens (primary N) is 1. The minimum atomic E-state index is -0.143. The van der Waals surface area contributed by atoms with Crippen LogP contribution in [0.25, 0.3) is 0 Å². The summed E-state index contributed by atoms with van der Waals surface area (Å²) in [7, 11) is 1.66. The Balaban J connectivity index is 1.78. The van der Waals surface area contributed by atoms with Crippen LogP contribution in [-0.4, -0.2) is 51.5 Å². The van der Waals surface area contributed by atoms with Crippen LogP contribution in [-0.2, 0) is 11.3 Å². The third-order valence-corrected chi connectivity index (χ3v) is 4.35. The summed E-state index contributed by atoms with van der Waals surface area (Å²) in [6.45, 7) is 5.09. The molecule has 24 heavy (non-hydrogen) atoms. The van der Waals surface area contributed by atoms with Crippen LogP contribution in [0.5, 0.6) is 0 Å². The Kier molecular flexibility index (Phi) is 4.57. The summed E-state index contributed by atoms with van der Waals surface area (Å²) in [5.41, 5.74) is 6.00. The number of hydrogen-bond acceptors (Lipinski definition) is 6. The molecular formula is C16H23N5O3. The molecule has 3 heterocycles. The summed E-state index contributed by atoms with van der Waals surface area (Å²) in [5, 5.41) is 8.13. The van der Waals surface area contributed by atoms with Gasteiger partial charge in [-0.15, -0.1) is 0 Å². The van der Waals surface area contributed by atoms with Crippen molar-refractivity contribution in [2.45, 2.75) is 44.9 Å². The van der Waals surface area contributed by atoms with Gasteiger partial charge in [0.25, 0.3) is 5.91 Å². The molecule has 1 amide bonds. The highest BCUT2D eigenvalue weighted by Crippen LogP contribution is 2.25. The number of carbonyl (C=O) groups is 1. The zero-order valence-electron chi connectivity index (χ0n) is 14.2. The molecule has 8 nitrogen and oxygen atoms in total. The first-order valence-corrected chi connectivity index (χ1v) is 8.07. The largest absolute Gasteiger partial charge is 0.382 e. The molecule has 2 aromatic heterocycles. The van der Waals surface area contributed by atoms with Gasteiger partial charge in [0.05, 0.1) is 18.7 Å². The lowest BCUT2D eigenvalue weighted by atomic mass is 10.1. The Bertz CT molecular complexity index is 708. The highest BCUT2D eigenvalue weighted by Gasteiger charge is 2.37. The Labute approximate surface area is 140 Å². The fourth-order valence-corrected chi connectivity index (χ4v) is 2.97. The number of hydrogen-bond donors (Lipinski definition) is 1. The van der Waals surface area contributed by atoms with Crippen LogP contribution < -0.4 is 5.73 Å². The van der Waals surface area contributed by atoms with Crippen LogP contribution >= 0.6 is 0 Å². The quantitative estimate of drug-likeness (QED) is 0.890. The van der Waals surface area contributed by atoms with Crippen molar-refractivity contribution in [2.75, 3.05) is 19.4 Å². The molecule has 1 aliphatic rings. The summed E-state index contributed by atoms with van der Waals surface area (Å²) in [6.07, 6.45) is 2.56. The summed E-state index contributed by atoms with van der Waals surface area (Å²) >= 11 is 0. The van der Waals surface area contributed by atoms with E-state index in [1.165, 1.54) is 0 Å². The van der Waals surface area contributed by atoms with Gasteiger partial charge in [-0.05, 0) is 12.5 Å². The summed E-state index contributed by atoms with van der Waals surface area (Å²) < 4.78 is 12.5. The zero-order valence-corrected chi connectivity index (χ0v) is 14.2. The Morgan fingerprint density at radius 1 is 1.54 bits per heavy atom. The maximum absolute atomic E-state index is 12.8. The van der Waals surface area contributed by atoms with Crippen LogP contribution in [0.1, 0.15) is 42.4 Å². The van der Waals surface area contributed by atoms with Gasteiger partial charge in [0.15, 0.2) is 5.69 Å². The summed E-state index contributed by atoms with van der Waals surface area (Å²) in [4.78, 5) is 14.6. The number of nitrogens with zero attached hydrogens (tertiary/aromatic N) is 4. The van der Waals surface area contributed by atoms with Gasteiger partial charge in [-0.3, -0.25) is 9.48 Å². The number of nitrogen functional groups attached to an aromatic ring is 1. The van der Waals surface area contributed by atoms with E-state index < -0.39 is 0 Å². The number of amides is 1. The van der Waals surface area contributed by atoms with Gasteiger partial charge < -0.3 is 19.9 Å². The second-order valence-corrected chi connectivity index (χ2v) is 6.44. The molecule has 1 saturated heterocycles. The van der Waals surface area contributed by atoms with E-state index in [-0.39, 0.29) is 24.0 Å². The summed E-state index contributed by atoms with van der Waals surface area (Å²) in [5.74, 6) is 1.21. The highest BCUT2D eigenvalue weighted by atomic mass is 16.5. The molecule has 3 rings (SSSR count). The minimum Gasteiger partial charge on any atom is -0.382 e. The van der Waals surface area contributed by atoms with Gasteiger partial charge in [0.2, 0.25) is 0 Å². The van der Waals surface area contributed by atoms with Crippen molar-refractivity contribution in [3.63, 3.8) is 0 Å². The predicted octanol–water partition coefficient (Wildman–Crippen LogP) is 1.51. The molecule has 1 aliphatic heterocycles. The molecular weight excluding hydrogens is 310 g/mol. The number of likely N-dealkylation sites (tertiary alicyclic amines) is 1. The smallest absolute Gasteiger partial charge is 0.276 e. The van der Waals surface area contributed by atoms with Crippen molar-refractivity contribution in [2.24, 2.45) is 0 Å². The molecule has 0 aromatic carbocycles. The van der Waals surface area contributed by atoms with E-state index in [0.29, 0.717) is 30.4 Å². The van der Waals surface area contributed by atoms with E-state index in [4.69, 9.17) is 15.0 Å². The van der Waals surface area contributed by atoms with E-state index >= 15 is 0 Å². The number of ether oxygens (including phenoxy) is 1. The lowest BCUT2D eigenvalue weighted by Crippen LogP contribution is -2.38. The van der Waals surface area contributed by atoms with Crippen LogP contribution in [0.4, 0.5) is 5.82 Å². The Morgan fingerprint density at radius 3 is 2.92 bits per heavy atom. The standard InChI is InChI=1S/C16H23N5O3/c1-10(2)14-7-13(19-24-14)16(22)21-9-12(23-3)6-11(21)8-20-5-4-15(17)18-20/h4-5,7,10-12H,6,8-9H2,1-3H3,(H2,17,18)/t11-,12-/m0/s1.